The maximum absolute atomic E-state index is 13.0. The molecular formula is C15H18F2N2O3. The number of nitrogens with one attached hydrogen (secondary N) is 2. The van der Waals surface area contributed by atoms with Crippen LogP contribution in [0.4, 0.5) is 8.78 Å². The van der Waals surface area contributed by atoms with Crippen LogP contribution in [0.15, 0.2) is 18.2 Å². The zero-order chi connectivity index (χ0) is 16.1. The van der Waals surface area contributed by atoms with Gasteiger partial charge in [0.05, 0.1) is 6.54 Å². The minimum Gasteiger partial charge on any atom is -0.396 e. The summed E-state index contributed by atoms with van der Waals surface area (Å²) >= 11 is 0. The van der Waals surface area contributed by atoms with Gasteiger partial charge in [0.1, 0.15) is 11.6 Å². The third kappa shape index (κ3) is 4.77. The molecule has 5 nitrogen and oxygen atoms in total. The molecule has 0 aliphatic heterocycles. The van der Waals surface area contributed by atoms with E-state index >= 15 is 0 Å². The van der Waals surface area contributed by atoms with E-state index in [1.54, 1.807) is 0 Å². The predicted octanol–water partition coefficient (Wildman–Crippen LogP) is 0.972. The Kier molecular flexibility index (Phi) is 5.43. The van der Waals surface area contributed by atoms with Crippen molar-refractivity contribution >= 4 is 11.8 Å². The van der Waals surface area contributed by atoms with Crippen molar-refractivity contribution in [1.29, 1.82) is 0 Å². The Balaban J connectivity index is 1.83. The molecule has 3 N–H and O–H groups in total. The molecule has 22 heavy (non-hydrogen) atoms. The average Bonchev–Trinajstić information content (AvgIpc) is 3.27. The number of aliphatic hydroxyl groups excluding tert-OH is 1. The first kappa shape index (κ1) is 16.4. The van der Waals surface area contributed by atoms with Crippen LogP contribution in [0, 0.1) is 17.6 Å². The molecule has 1 fully saturated rings. The lowest BCUT2D eigenvalue weighted by atomic mass is 10.1. The van der Waals surface area contributed by atoms with Crippen molar-refractivity contribution in [2.45, 2.75) is 25.3 Å². The number of carbonyl (C=O) groups excluding carboxylic acids is 2. The van der Waals surface area contributed by atoms with Crippen LogP contribution in [0.2, 0.25) is 0 Å². The Morgan fingerprint density at radius 3 is 2.41 bits per heavy atom. The summed E-state index contributed by atoms with van der Waals surface area (Å²) in [7, 11) is 0. The first-order chi connectivity index (χ1) is 10.5. The molecule has 0 spiro atoms. The van der Waals surface area contributed by atoms with Gasteiger partial charge in [0.2, 0.25) is 5.91 Å². The van der Waals surface area contributed by atoms with E-state index in [1.807, 2.05) is 0 Å². The Morgan fingerprint density at radius 2 is 1.86 bits per heavy atom. The minimum absolute atomic E-state index is 0.0175. The van der Waals surface area contributed by atoms with Crippen LogP contribution in [0.5, 0.6) is 0 Å². The van der Waals surface area contributed by atoms with Gasteiger partial charge >= 0.3 is 0 Å². The van der Waals surface area contributed by atoms with Gasteiger partial charge in [0.15, 0.2) is 0 Å². The highest BCUT2D eigenvalue weighted by Gasteiger charge is 2.31. The molecule has 0 aromatic heterocycles. The molecule has 1 atom stereocenters. The highest BCUT2D eigenvalue weighted by molar-refractivity contribution is 5.96. The van der Waals surface area contributed by atoms with Crippen molar-refractivity contribution in [3.63, 3.8) is 0 Å². The third-order valence-corrected chi connectivity index (χ3v) is 3.51. The van der Waals surface area contributed by atoms with Crippen LogP contribution in [-0.4, -0.2) is 36.1 Å². The second kappa shape index (κ2) is 7.31. The fourth-order valence-corrected chi connectivity index (χ4v) is 2.27. The lowest BCUT2D eigenvalue weighted by Crippen LogP contribution is -2.43. The van der Waals surface area contributed by atoms with Gasteiger partial charge in [-0.15, -0.1) is 0 Å². The first-order valence-corrected chi connectivity index (χ1v) is 7.14. The highest BCUT2D eigenvalue weighted by atomic mass is 19.1. The van der Waals surface area contributed by atoms with Gasteiger partial charge in [-0.2, -0.15) is 0 Å². The number of amides is 2. The lowest BCUT2D eigenvalue weighted by molar-refractivity contribution is -0.121. The molecule has 2 amide bonds. The Hall–Kier alpha value is -2.02. The summed E-state index contributed by atoms with van der Waals surface area (Å²) in [6.45, 7) is -0.304. The number of halogens is 2. The molecule has 0 heterocycles. The van der Waals surface area contributed by atoms with E-state index < -0.39 is 23.4 Å². The van der Waals surface area contributed by atoms with Crippen molar-refractivity contribution in [1.82, 2.24) is 10.6 Å². The molecule has 1 unspecified atom stereocenters. The number of hydrogen-bond donors (Lipinski definition) is 3. The topological polar surface area (TPSA) is 78.4 Å². The summed E-state index contributed by atoms with van der Waals surface area (Å²) in [4.78, 5) is 23.5. The summed E-state index contributed by atoms with van der Waals surface area (Å²) in [6, 6.07) is 2.36. The Labute approximate surface area is 126 Å². The lowest BCUT2D eigenvalue weighted by Gasteiger charge is -2.17. The number of aliphatic hydroxyl groups is 1. The van der Waals surface area contributed by atoms with Crippen molar-refractivity contribution in [2.24, 2.45) is 5.92 Å². The second-order valence-electron chi connectivity index (χ2n) is 5.36. The molecule has 1 aliphatic carbocycles. The molecule has 0 saturated heterocycles. The van der Waals surface area contributed by atoms with Gasteiger partial charge in [0.25, 0.3) is 5.91 Å². The smallest absolute Gasteiger partial charge is 0.251 e. The number of hydrogen-bond acceptors (Lipinski definition) is 3. The molecule has 1 aromatic rings. The Bertz CT molecular complexity index is 541. The molecule has 1 aliphatic rings. The second-order valence-corrected chi connectivity index (χ2v) is 5.36. The third-order valence-electron chi connectivity index (χ3n) is 3.51. The zero-order valence-electron chi connectivity index (χ0n) is 11.9. The monoisotopic (exact) mass is 312 g/mol. The summed E-state index contributed by atoms with van der Waals surface area (Å²) in [5, 5.41) is 14.0. The molecule has 1 aromatic carbocycles. The normalized spacial score (nSPS) is 15.2. The van der Waals surface area contributed by atoms with E-state index in [0.717, 1.165) is 25.0 Å². The van der Waals surface area contributed by atoms with Crippen LogP contribution in [0.1, 0.15) is 29.6 Å². The molecule has 2 rings (SSSR count). The van der Waals surface area contributed by atoms with Crippen LogP contribution in [0.3, 0.4) is 0 Å². The summed E-state index contributed by atoms with van der Waals surface area (Å²) in [5.41, 5.74) is -0.181. The minimum atomic E-state index is -0.855. The van der Waals surface area contributed by atoms with E-state index in [0.29, 0.717) is 18.4 Å². The van der Waals surface area contributed by atoms with Gasteiger partial charge < -0.3 is 15.7 Å². The van der Waals surface area contributed by atoms with Gasteiger partial charge in [-0.3, -0.25) is 9.59 Å². The fourth-order valence-electron chi connectivity index (χ4n) is 2.27. The summed E-state index contributed by atoms with van der Waals surface area (Å²) in [6.07, 6.45) is 2.50. The van der Waals surface area contributed by atoms with Crippen LogP contribution < -0.4 is 10.6 Å². The van der Waals surface area contributed by atoms with Crippen LogP contribution in [0.25, 0.3) is 0 Å². The van der Waals surface area contributed by atoms with E-state index in [9.17, 15) is 18.4 Å². The molecule has 0 radical (unpaired) electrons. The molecule has 120 valence electrons. The van der Waals surface area contributed by atoms with Crippen molar-refractivity contribution in [3.8, 4) is 0 Å². The zero-order valence-corrected chi connectivity index (χ0v) is 11.9. The van der Waals surface area contributed by atoms with Crippen LogP contribution >= 0.6 is 0 Å². The predicted molar refractivity (Wildman–Crippen MR) is 75.0 cm³/mol. The Morgan fingerprint density at radius 1 is 1.23 bits per heavy atom. The highest BCUT2D eigenvalue weighted by Crippen LogP contribution is 2.33. The maximum Gasteiger partial charge on any atom is 0.251 e. The number of rotatable bonds is 7. The fraction of sp³-hybridized carbons (Fsp3) is 0.467. The quantitative estimate of drug-likeness (QED) is 0.702. The summed E-state index contributed by atoms with van der Waals surface area (Å²) in [5.74, 6) is -2.45. The van der Waals surface area contributed by atoms with Crippen LogP contribution in [-0.2, 0) is 4.79 Å². The maximum atomic E-state index is 13.0. The van der Waals surface area contributed by atoms with Gasteiger partial charge in [0, 0.05) is 24.3 Å². The first-order valence-electron chi connectivity index (χ1n) is 7.14. The average molecular weight is 312 g/mol. The van der Waals surface area contributed by atoms with E-state index in [1.165, 1.54) is 0 Å². The van der Waals surface area contributed by atoms with Gasteiger partial charge in [-0.1, -0.05) is 0 Å². The van der Waals surface area contributed by atoms with Gasteiger partial charge in [-0.05, 0) is 37.3 Å². The van der Waals surface area contributed by atoms with E-state index in [2.05, 4.69) is 10.6 Å². The largest absolute Gasteiger partial charge is 0.396 e. The standard InChI is InChI=1S/C15H18F2N2O3/c16-11-5-10(6-12(17)7-11)15(22)18-8-14(21)19-13(3-4-20)9-1-2-9/h5-7,9,13,20H,1-4,8H2,(H,18,22)(H,19,21). The van der Waals surface area contributed by atoms with Gasteiger partial charge in [-0.25, -0.2) is 8.78 Å². The van der Waals surface area contributed by atoms with E-state index in [-0.39, 0.29) is 24.8 Å². The number of carbonyl (C=O) groups is 2. The van der Waals surface area contributed by atoms with Crippen molar-refractivity contribution < 1.29 is 23.5 Å². The summed E-state index contributed by atoms with van der Waals surface area (Å²) < 4.78 is 26.0. The molecule has 0 bridgehead atoms. The molecular weight excluding hydrogens is 294 g/mol. The SMILES string of the molecule is O=C(CNC(=O)c1cc(F)cc(F)c1)NC(CCO)C1CC1. The number of benzene rings is 1. The van der Waals surface area contributed by atoms with Crippen molar-refractivity contribution in [3.05, 3.63) is 35.4 Å². The molecule has 7 heteroatoms. The van der Waals surface area contributed by atoms with Crippen molar-refractivity contribution in [2.75, 3.05) is 13.2 Å². The molecule has 1 saturated carbocycles. The van der Waals surface area contributed by atoms with E-state index in [4.69, 9.17) is 5.11 Å².